The van der Waals surface area contributed by atoms with Crippen molar-refractivity contribution in [3.63, 3.8) is 0 Å². The van der Waals surface area contributed by atoms with Gasteiger partial charge in [0.25, 0.3) is 5.91 Å². The van der Waals surface area contributed by atoms with E-state index in [1.165, 1.54) is 16.7 Å². The Balaban J connectivity index is 1.63. The molecule has 0 unspecified atom stereocenters. The van der Waals surface area contributed by atoms with Gasteiger partial charge >= 0.3 is 0 Å². The lowest BCUT2D eigenvalue weighted by molar-refractivity contribution is -0.908. The van der Waals surface area contributed by atoms with Crippen molar-refractivity contribution in [3.05, 3.63) is 28.7 Å². The summed E-state index contributed by atoms with van der Waals surface area (Å²) in [5, 5.41) is 0. The summed E-state index contributed by atoms with van der Waals surface area (Å²) in [4.78, 5) is 16.7. The second kappa shape index (κ2) is 9.54. The van der Waals surface area contributed by atoms with Crippen LogP contribution in [0.3, 0.4) is 0 Å². The molecule has 146 valence electrons. The summed E-state index contributed by atoms with van der Waals surface area (Å²) in [6.45, 7) is 5.41. The predicted molar refractivity (Wildman–Crippen MR) is 110 cm³/mol. The fourth-order valence-corrected chi connectivity index (χ4v) is 4.47. The molecule has 0 atom stereocenters. The standard InChI is InChI=1S/C19H24N2O4S2/c1-23-15-5-4-14(16(13-15)24-2)12-17-18(22)21(19(26)27-17)7-3-6-20-8-10-25-11-9-20/h4-5,12-13H,3,6-11H2,1-2H3/p+1/b17-12-. The Labute approximate surface area is 169 Å². The molecule has 0 saturated carbocycles. The summed E-state index contributed by atoms with van der Waals surface area (Å²) in [7, 11) is 3.21. The van der Waals surface area contributed by atoms with Crippen molar-refractivity contribution in [1.29, 1.82) is 0 Å². The van der Waals surface area contributed by atoms with E-state index in [4.69, 9.17) is 26.4 Å². The van der Waals surface area contributed by atoms with Crippen LogP contribution < -0.4 is 14.4 Å². The second-order valence-corrected chi connectivity index (χ2v) is 8.08. The van der Waals surface area contributed by atoms with Crippen LogP contribution in [0.2, 0.25) is 0 Å². The van der Waals surface area contributed by atoms with Gasteiger partial charge in [0.15, 0.2) is 0 Å². The lowest BCUT2D eigenvalue weighted by Crippen LogP contribution is -3.14. The van der Waals surface area contributed by atoms with Gasteiger partial charge in [0.2, 0.25) is 0 Å². The SMILES string of the molecule is COc1ccc(/C=C2\SC(=S)N(CCC[NH+]3CCOCC3)C2=O)c(OC)c1. The molecule has 0 bridgehead atoms. The zero-order valence-corrected chi connectivity index (χ0v) is 17.3. The van der Waals surface area contributed by atoms with Crippen LogP contribution in [0.5, 0.6) is 11.5 Å². The molecule has 27 heavy (non-hydrogen) atoms. The van der Waals surface area contributed by atoms with E-state index in [-0.39, 0.29) is 5.91 Å². The van der Waals surface area contributed by atoms with Crippen LogP contribution in [0.4, 0.5) is 0 Å². The van der Waals surface area contributed by atoms with Gasteiger partial charge in [-0.3, -0.25) is 9.69 Å². The van der Waals surface area contributed by atoms with Gasteiger partial charge in [-0.2, -0.15) is 0 Å². The average Bonchev–Trinajstić information content (AvgIpc) is 2.96. The molecule has 2 saturated heterocycles. The van der Waals surface area contributed by atoms with Crippen molar-refractivity contribution in [3.8, 4) is 11.5 Å². The molecule has 1 aromatic carbocycles. The van der Waals surface area contributed by atoms with Crippen molar-refractivity contribution in [2.75, 3.05) is 53.6 Å². The van der Waals surface area contributed by atoms with E-state index < -0.39 is 0 Å². The zero-order chi connectivity index (χ0) is 19.2. The van der Waals surface area contributed by atoms with Gasteiger partial charge in [0, 0.05) is 24.6 Å². The number of carbonyl (C=O) groups is 1. The van der Waals surface area contributed by atoms with Gasteiger partial charge in [-0.1, -0.05) is 24.0 Å². The van der Waals surface area contributed by atoms with Crippen molar-refractivity contribution >= 4 is 40.3 Å². The highest BCUT2D eigenvalue weighted by atomic mass is 32.2. The molecule has 1 amide bonds. The number of ether oxygens (including phenoxy) is 3. The number of benzene rings is 1. The smallest absolute Gasteiger partial charge is 0.266 e. The first-order valence-electron chi connectivity index (χ1n) is 9.01. The van der Waals surface area contributed by atoms with Crippen LogP contribution in [-0.2, 0) is 9.53 Å². The van der Waals surface area contributed by atoms with E-state index in [1.807, 2.05) is 18.2 Å². The highest BCUT2D eigenvalue weighted by molar-refractivity contribution is 8.26. The van der Waals surface area contributed by atoms with Crippen LogP contribution in [0.1, 0.15) is 12.0 Å². The minimum atomic E-state index is -0.0279. The van der Waals surface area contributed by atoms with Crippen molar-refractivity contribution < 1.29 is 23.9 Å². The minimum absolute atomic E-state index is 0.0279. The average molecular weight is 410 g/mol. The van der Waals surface area contributed by atoms with E-state index in [0.717, 1.165) is 44.8 Å². The van der Waals surface area contributed by atoms with E-state index in [9.17, 15) is 4.79 Å². The molecule has 8 heteroatoms. The molecule has 0 aliphatic carbocycles. The van der Waals surface area contributed by atoms with Crippen molar-refractivity contribution in [2.24, 2.45) is 0 Å². The number of methoxy groups -OCH3 is 2. The van der Waals surface area contributed by atoms with Gasteiger partial charge in [0.1, 0.15) is 28.9 Å². The van der Waals surface area contributed by atoms with Crippen LogP contribution in [0.15, 0.2) is 23.1 Å². The zero-order valence-electron chi connectivity index (χ0n) is 15.7. The Kier molecular flexibility index (Phi) is 7.12. The lowest BCUT2D eigenvalue weighted by atomic mass is 10.1. The number of thiocarbonyl (C=S) groups is 1. The summed E-state index contributed by atoms with van der Waals surface area (Å²) >= 11 is 6.78. The maximum Gasteiger partial charge on any atom is 0.266 e. The van der Waals surface area contributed by atoms with Gasteiger partial charge in [-0.05, 0) is 18.2 Å². The number of carbonyl (C=O) groups excluding carboxylic acids is 1. The maximum atomic E-state index is 12.8. The molecule has 6 nitrogen and oxygen atoms in total. The largest absolute Gasteiger partial charge is 0.497 e. The first-order chi connectivity index (χ1) is 13.1. The highest BCUT2D eigenvalue weighted by Gasteiger charge is 2.32. The first-order valence-corrected chi connectivity index (χ1v) is 10.2. The third kappa shape index (κ3) is 5.01. The monoisotopic (exact) mass is 409 g/mol. The number of nitrogens with one attached hydrogen (secondary N) is 1. The topological polar surface area (TPSA) is 52.4 Å². The van der Waals surface area contributed by atoms with E-state index in [0.29, 0.717) is 27.3 Å². The Morgan fingerprint density at radius 1 is 1.30 bits per heavy atom. The number of amides is 1. The third-order valence-corrected chi connectivity index (χ3v) is 6.09. The fourth-order valence-electron chi connectivity index (χ4n) is 3.17. The van der Waals surface area contributed by atoms with Crippen LogP contribution in [0.25, 0.3) is 6.08 Å². The number of morpholine rings is 1. The molecule has 2 aliphatic heterocycles. The lowest BCUT2D eigenvalue weighted by Gasteiger charge is -2.24. The summed E-state index contributed by atoms with van der Waals surface area (Å²) in [6, 6.07) is 5.53. The fraction of sp³-hybridized carbons (Fsp3) is 0.474. The minimum Gasteiger partial charge on any atom is -0.497 e. The molecule has 0 aromatic heterocycles. The Hall–Kier alpha value is -1.61. The molecular formula is C19H25N2O4S2+. The third-order valence-electron chi connectivity index (χ3n) is 4.71. The predicted octanol–water partition coefficient (Wildman–Crippen LogP) is 1.21. The van der Waals surface area contributed by atoms with Crippen LogP contribution in [-0.4, -0.2) is 68.7 Å². The highest BCUT2D eigenvalue weighted by Crippen LogP contribution is 2.35. The Bertz CT molecular complexity index is 732. The van der Waals surface area contributed by atoms with E-state index >= 15 is 0 Å². The van der Waals surface area contributed by atoms with Gasteiger partial charge in [-0.25, -0.2) is 0 Å². The summed E-state index contributed by atoms with van der Waals surface area (Å²) in [6.07, 6.45) is 2.77. The summed E-state index contributed by atoms with van der Waals surface area (Å²) in [5.74, 6) is 1.34. The molecule has 3 rings (SSSR count). The molecule has 1 N–H and O–H groups in total. The van der Waals surface area contributed by atoms with Crippen LogP contribution >= 0.6 is 24.0 Å². The quantitative estimate of drug-likeness (QED) is 0.540. The summed E-state index contributed by atoms with van der Waals surface area (Å²) < 4.78 is 16.6. The van der Waals surface area contributed by atoms with E-state index in [1.54, 1.807) is 25.2 Å². The first kappa shape index (κ1) is 20.1. The van der Waals surface area contributed by atoms with Crippen molar-refractivity contribution in [1.82, 2.24) is 4.90 Å². The number of hydrogen-bond acceptors (Lipinski definition) is 6. The molecule has 2 aliphatic rings. The number of quaternary nitrogens is 1. The maximum absolute atomic E-state index is 12.8. The Morgan fingerprint density at radius 3 is 2.78 bits per heavy atom. The number of thioether (sulfide) groups is 1. The number of nitrogens with zero attached hydrogens (tertiary/aromatic N) is 1. The number of hydrogen-bond donors (Lipinski definition) is 1. The summed E-state index contributed by atoms with van der Waals surface area (Å²) in [5.41, 5.74) is 0.830. The normalized spacial score (nSPS) is 19.8. The molecule has 0 radical (unpaired) electrons. The second-order valence-electron chi connectivity index (χ2n) is 6.41. The molecule has 0 spiro atoms. The number of rotatable bonds is 7. The molecule has 1 aromatic rings. The van der Waals surface area contributed by atoms with Gasteiger partial charge in [0.05, 0.1) is 38.9 Å². The van der Waals surface area contributed by atoms with Crippen LogP contribution in [0, 0.1) is 0 Å². The molecule has 2 heterocycles. The van der Waals surface area contributed by atoms with Crippen molar-refractivity contribution in [2.45, 2.75) is 6.42 Å². The van der Waals surface area contributed by atoms with Gasteiger partial charge < -0.3 is 19.1 Å². The molecule has 2 fully saturated rings. The van der Waals surface area contributed by atoms with Gasteiger partial charge in [-0.15, -0.1) is 0 Å². The van der Waals surface area contributed by atoms with E-state index in [2.05, 4.69) is 0 Å². The Morgan fingerprint density at radius 2 is 2.07 bits per heavy atom. The molecular weight excluding hydrogens is 384 g/mol.